The van der Waals surface area contributed by atoms with Gasteiger partial charge in [-0.2, -0.15) is 0 Å². The molecule has 1 atom stereocenters. The largest absolute Gasteiger partial charge is 0.469 e. The predicted octanol–water partition coefficient (Wildman–Crippen LogP) is 3.65. The van der Waals surface area contributed by atoms with Crippen LogP contribution in [0.5, 0.6) is 0 Å². The summed E-state index contributed by atoms with van der Waals surface area (Å²) in [5.74, 6) is -1.34. The maximum Gasteiger partial charge on any atom is 0.308 e. The molecule has 0 spiro atoms. The van der Waals surface area contributed by atoms with Crippen molar-refractivity contribution < 1.29 is 18.7 Å². The summed E-state index contributed by atoms with van der Waals surface area (Å²) in [6, 6.07) is 12.0. The Kier molecular flexibility index (Phi) is 5.29. The van der Waals surface area contributed by atoms with Crippen LogP contribution < -0.4 is 10.2 Å². The van der Waals surface area contributed by atoms with Crippen LogP contribution >= 0.6 is 0 Å². The molecule has 0 saturated carbocycles. The molecule has 2 aromatic rings. The van der Waals surface area contributed by atoms with Crippen LogP contribution in [0, 0.1) is 11.7 Å². The van der Waals surface area contributed by atoms with Crippen LogP contribution in [0.15, 0.2) is 47.5 Å². The molecule has 29 heavy (non-hydrogen) atoms. The second-order valence-corrected chi connectivity index (χ2v) is 7.28. The first-order valence-corrected chi connectivity index (χ1v) is 9.62. The van der Waals surface area contributed by atoms with Gasteiger partial charge in [-0.15, -0.1) is 0 Å². The van der Waals surface area contributed by atoms with E-state index < -0.39 is 5.92 Å². The maximum atomic E-state index is 13.5. The number of carbonyl (C=O) groups is 2. The minimum atomic E-state index is -0.599. The molecule has 2 heterocycles. The van der Waals surface area contributed by atoms with Crippen LogP contribution in [0.3, 0.4) is 0 Å². The lowest BCUT2D eigenvalue weighted by Crippen LogP contribution is -2.36. The number of anilines is 2. The molecule has 6 nitrogen and oxygen atoms in total. The highest BCUT2D eigenvalue weighted by molar-refractivity contribution is 6.12. The van der Waals surface area contributed by atoms with Gasteiger partial charge in [-0.3, -0.25) is 14.6 Å². The number of esters is 1. The van der Waals surface area contributed by atoms with Gasteiger partial charge in [-0.05, 0) is 60.9 Å². The van der Waals surface area contributed by atoms with E-state index in [0.717, 1.165) is 37.3 Å². The van der Waals surface area contributed by atoms with Crippen molar-refractivity contribution >= 4 is 35.2 Å². The quantitative estimate of drug-likeness (QED) is 0.634. The first kappa shape index (κ1) is 19.1. The number of halogens is 1. The number of benzene rings is 2. The lowest BCUT2D eigenvalue weighted by Gasteiger charge is -2.32. The van der Waals surface area contributed by atoms with Crippen molar-refractivity contribution in [2.75, 3.05) is 30.4 Å². The number of piperidine rings is 1. The molecule has 0 aromatic heterocycles. The highest BCUT2D eigenvalue weighted by atomic mass is 19.1. The lowest BCUT2D eigenvalue weighted by atomic mass is 9.96. The zero-order valence-electron chi connectivity index (χ0n) is 16.1. The zero-order valence-corrected chi connectivity index (χ0v) is 16.1. The summed E-state index contributed by atoms with van der Waals surface area (Å²) in [6.45, 7) is 1.60. The number of carbonyl (C=O) groups excluding carboxylic acids is 2. The van der Waals surface area contributed by atoms with Gasteiger partial charge in [0, 0.05) is 30.7 Å². The molecule has 2 aliphatic rings. The number of aliphatic imine (C=N–C) groups is 1. The minimum Gasteiger partial charge on any atom is -0.469 e. The molecule has 1 unspecified atom stereocenters. The summed E-state index contributed by atoms with van der Waals surface area (Å²) in [4.78, 5) is 30.4. The standard InChI is InChI=1S/C22H22FN3O3/c1-29-22(28)14-8-10-26(11-9-14)17-5-3-16(4-6-17)24-13-19-18-12-15(23)2-7-20(18)25-21(19)27/h2-7,12-14,19H,8-11H2,1H3,(H,25,27). The van der Waals surface area contributed by atoms with Gasteiger partial charge < -0.3 is 15.0 Å². The van der Waals surface area contributed by atoms with E-state index in [0.29, 0.717) is 11.3 Å². The average Bonchev–Trinajstić information content (AvgIpc) is 3.06. The van der Waals surface area contributed by atoms with Crippen LogP contribution in [-0.4, -0.2) is 38.3 Å². The molecule has 1 amide bonds. The van der Waals surface area contributed by atoms with Crippen molar-refractivity contribution in [1.29, 1.82) is 0 Å². The molecule has 1 N–H and O–H groups in total. The number of hydrogen-bond acceptors (Lipinski definition) is 5. The van der Waals surface area contributed by atoms with Crippen LogP contribution in [0.1, 0.15) is 24.3 Å². The highest BCUT2D eigenvalue weighted by Crippen LogP contribution is 2.32. The Balaban J connectivity index is 1.41. The fourth-order valence-corrected chi connectivity index (χ4v) is 3.85. The summed E-state index contributed by atoms with van der Waals surface area (Å²) in [5, 5.41) is 2.74. The molecule has 0 aliphatic carbocycles. The average molecular weight is 395 g/mol. The molecule has 4 rings (SSSR count). The fourth-order valence-electron chi connectivity index (χ4n) is 3.85. The normalized spacial score (nSPS) is 19.3. The summed E-state index contributed by atoms with van der Waals surface area (Å²) >= 11 is 0. The Morgan fingerprint density at radius 1 is 1.21 bits per heavy atom. The van der Waals surface area contributed by atoms with Gasteiger partial charge in [0.2, 0.25) is 5.91 Å². The Labute approximate surface area is 168 Å². The molecular weight excluding hydrogens is 373 g/mol. The summed E-state index contributed by atoms with van der Waals surface area (Å²) in [7, 11) is 1.43. The molecule has 0 bridgehead atoms. The first-order chi connectivity index (χ1) is 14.0. The van der Waals surface area contributed by atoms with Crippen molar-refractivity contribution in [3.05, 3.63) is 53.8 Å². The van der Waals surface area contributed by atoms with Crippen LogP contribution in [0.25, 0.3) is 0 Å². The van der Waals surface area contributed by atoms with Gasteiger partial charge in [0.05, 0.1) is 18.7 Å². The Morgan fingerprint density at radius 3 is 2.62 bits per heavy atom. The number of ether oxygens (including phenoxy) is 1. The van der Waals surface area contributed by atoms with Crippen molar-refractivity contribution in [3.8, 4) is 0 Å². The van der Waals surface area contributed by atoms with E-state index in [9.17, 15) is 14.0 Å². The predicted molar refractivity (Wildman–Crippen MR) is 109 cm³/mol. The van der Waals surface area contributed by atoms with E-state index >= 15 is 0 Å². The zero-order chi connectivity index (χ0) is 20.4. The second-order valence-electron chi connectivity index (χ2n) is 7.28. The molecule has 2 aromatic carbocycles. The molecule has 0 radical (unpaired) electrons. The van der Waals surface area contributed by atoms with E-state index in [2.05, 4.69) is 15.2 Å². The van der Waals surface area contributed by atoms with E-state index in [1.807, 2.05) is 24.3 Å². The SMILES string of the molecule is COC(=O)C1CCN(c2ccc(N=CC3C(=O)Nc4ccc(F)cc43)cc2)CC1. The van der Waals surface area contributed by atoms with Gasteiger partial charge in [0.15, 0.2) is 0 Å². The van der Waals surface area contributed by atoms with Gasteiger partial charge in [0.25, 0.3) is 0 Å². The summed E-state index contributed by atoms with van der Waals surface area (Å²) < 4.78 is 18.4. The lowest BCUT2D eigenvalue weighted by molar-refractivity contribution is -0.146. The molecule has 1 fully saturated rings. The molecule has 150 valence electrons. The van der Waals surface area contributed by atoms with Crippen molar-refractivity contribution in [1.82, 2.24) is 0 Å². The van der Waals surface area contributed by atoms with Gasteiger partial charge >= 0.3 is 5.97 Å². The van der Waals surface area contributed by atoms with Crippen LogP contribution in [-0.2, 0) is 14.3 Å². The van der Waals surface area contributed by atoms with E-state index in [1.54, 1.807) is 12.3 Å². The van der Waals surface area contributed by atoms with E-state index in [1.165, 1.54) is 19.2 Å². The van der Waals surface area contributed by atoms with E-state index in [-0.39, 0.29) is 23.6 Å². The summed E-state index contributed by atoms with van der Waals surface area (Å²) in [5.41, 5.74) is 3.01. The highest BCUT2D eigenvalue weighted by Gasteiger charge is 2.29. The number of nitrogens with one attached hydrogen (secondary N) is 1. The molecule has 1 saturated heterocycles. The third kappa shape index (κ3) is 3.99. The third-order valence-electron chi connectivity index (χ3n) is 5.51. The van der Waals surface area contributed by atoms with Gasteiger partial charge in [-0.1, -0.05) is 0 Å². The Hall–Kier alpha value is -3.22. The fraction of sp³-hybridized carbons (Fsp3) is 0.318. The van der Waals surface area contributed by atoms with Crippen LogP contribution in [0.2, 0.25) is 0 Å². The second kappa shape index (κ2) is 8.03. The topological polar surface area (TPSA) is 71.0 Å². The number of methoxy groups -OCH3 is 1. The van der Waals surface area contributed by atoms with E-state index in [4.69, 9.17) is 4.74 Å². The Bertz CT molecular complexity index is 950. The number of fused-ring (bicyclic) bond motifs is 1. The maximum absolute atomic E-state index is 13.5. The monoisotopic (exact) mass is 395 g/mol. The number of nitrogens with zero attached hydrogens (tertiary/aromatic N) is 2. The van der Waals surface area contributed by atoms with Gasteiger partial charge in [0.1, 0.15) is 11.7 Å². The smallest absolute Gasteiger partial charge is 0.308 e. The third-order valence-corrected chi connectivity index (χ3v) is 5.51. The Morgan fingerprint density at radius 2 is 1.93 bits per heavy atom. The molecule has 7 heteroatoms. The summed E-state index contributed by atoms with van der Waals surface area (Å²) in [6.07, 6.45) is 3.11. The number of hydrogen-bond donors (Lipinski definition) is 1. The van der Waals surface area contributed by atoms with Gasteiger partial charge in [-0.25, -0.2) is 4.39 Å². The number of amides is 1. The molecule has 2 aliphatic heterocycles. The van der Waals surface area contributed by atoms with Crippen LogP contribution in [0.4, 0.5) is 21.5 Å². The first-order valence-electron chi connectivity index (χ1n) is 9.62. The van der Waals surface area contributed by atoms with Crippen molar-refractivity contribution in [2.45, 2.75) is 18.8 Å². The van der Waals surface area contributed by atoms with Crippen molar-refractivity contribution in [2.24, 2.45) is 10.9 Å². The minimum absolute atomic E-state index is 0.0228. The van der Waals surface area contributed by atoms with Crippen molar-refractivity contribution in [3.63, 3.8) is 0 Å². The molecular formula is C22H22FN3O3. The number of rotatable bonds is 4.